The molecule has 0 N–H and O–H groups in total. The number of alkyl halides is 1. The summed E-state index contributed by atoms with van der Waals surface area (Å²) in [6, 6.07) is 1.61. The molecule has 0 spiro atoms. The number of ether oxygens (including phenoxy) is 1. The maximum Gasteiger partial charge on any atom is 0.244 e. The molecule has 2 rings (SSSR count). The second-order valence-electron chi connectivity index (χ2n) is 5.26. The molecule has 1 heterocycles. The number of halogens is 1. The molecule has 1 aromatic heterocycles. The van der Waals surface area contributed by atoms with Gasteiger partial charge in [0.25, 0.3) is 0 Å². The van der Waals surface area contributed by atoms with Gasteiger partial charge in [-0.25, -0.2) is 8.42 Å². The molecule has 0 amide bonds. The Kier molecular flexibility index (Phi) is 5.12. The van der Waals surface area contributed by atoms with Crippen LogP contribution in [0, 0.1) is 5.92 Å². The van der Waals surface area contributed by atoms with Gasteiger partial charge in [0.15, 0.2) is 0 Å². The van der Waals surface area contributed by atoms with E-state index in [9.17, 15) is 8.42 Å². The first-order valence-electron chi connectivity index (χ1n) is 6.70. The molecule has 0 radical (unpaired) electrons. The highest BCUT2D eigenvalue weighted by atomic mass is 35.5. The lowest BCUT2D eigenvalue weighted by Crippen LogP contribution is -2.30. The summed E-state index contributed by atoms with van der Waals surface area (Å²) in [7, 11) is -0.102. The van der Waals surface area contributed by atoms with Crippen molar-refractivity contribution >= 4 is 21.6 Å². The van der Waals surface area contributed by atoms with Crippen LogP contribution < -0.4 is 0 Å². The highest BCUT2D eigenvalue weighted by Gasteiger charge is 2.24. The first kappa shape index (κ1) is 15.8. The van der Waals surface area contributed by atoms with Crippen molar-refractivity contribution in [3.05, 3.63) is 18.0 Å². The number of likely N-dealkylation sites (N-methyl/N-ethyl adjacent to an activating group) is 1. The van der Waals surface area contributed by atoms with Crippen molar-refractivity contribution in [2.75, 3.05) is 26.8 Å². The molecular weight excluding hydrogens is 300 g/mol. The van der Waals surface area contributed by atoms with Crippen LogP contribution >= 0.6 is 11.6 Å². The summed E-state index contributed by atoms with van der Waals surface area (Å²) in [5.41, 5.74) is 0.781. The molecule has 7 heteroatoms. The van der Waals surface area contributed by atoms with E-state index in [0.717, 1.165) is 12.3 Å². The van der Waals surface area contributed by atoms with Crippen molar-refractivity contribution in [3.63, 3.8) is 0 Å². The van der Waals surface area contributed by atoms with Crippen LogP contribution in [0.2, 0.25) is 0 Å². The van der Waals surface area contributed by atoms with Crippen LogP contribution in [0.25, 0.3) is 0 Å². The van der Waals surface area contributed by atoms with Crippen LogP contribution in [0.1, 0.15) is 18.5 Å². The normalized spacial score (nSPS) is 16.0. The van der Waals surface area contributed by atoms with E-state index in [1.807, 2.05) is 0 Å². The Balaban J connectivity index is 1.92. The van der Waals surface area contributed by atoms with Crippen LogP contribution in [0.5, 0.6) is 0 Å². The fourth-order valence-electron chi connectivity index (χ4n) is 1.88. The summed E-state index contributed by atoms with van der Waals surface area (Å²) in [6.07, 6.45) is 4.06. The topological polar surface area (TPSA) is 51.5 Å². The van der Waals surface area contributed by atoms with Gasteiger partial charge in [0.1, 0.15) is 4.90 Å². The maximum atomic E-state index is 12.4. The van der Waals surface area contributed by atoms with Gasteiger partial charge in [0.05, 0.1) is 12.5 Å². The van der Waals surface area contributed by atoms with Gasteiger partial charge in [0.2, 0.25) is 10.0 Å². The van der Waals surface area contributed by atoms with Gasteiger partial charge < -0.3 is 9.30 Å². The van der Waals surface area contributed by atoms with Crippen molar-refractivity contribution in [2.45, 2.75) is 23.6 Å². The van der Waals surface area contributed by atoms with Crippen molar-refractivity contribution in [2.24, 2.45) is 13.0 Å². The average Bonchev–Trinajstić information content (AvgIpc) is 3.15. The van der Waals surface area contributed by atoms with E-state index >= 15 is 0 Å². The largest absolute Gasteiger partial charge is 0.380 e. The van der Waals surface area contributed by atoms with Gasteiger partial charge in [-0.2, -0.15) is 4.31 Å². The zero-order chi connectivity index (χ0) is 14.8. The predicted octanol–water partition coefficient (Wildman–Crippen LogP) is 1.81. The Hall–Kier alpha value is -0.560. The molecule has 1 fully saturated rings. The minimum Gasteiger partial charge on any atom is -0.380 e. The zero-order valence-electron chi connectivity index (χ0n) is 11.9. The summed E-state index contributed by atoms with van der Waals surface area (Å²) in [6.45, 7) is 1.54. The fraction of sp³-hybridized carbons (Fsp3) is 0.692. The number of sulfonamides is 1. The molecule has 1 aliphatic carbocycles. The number of hydrogen-bond donors (Lipinski definition) is 0. The van der Waals surface area contributed by atoms with E-state index in [0.29, 0.717) is 24.9 Å². The molecule has 114 valence electrons. The smallest absolute Gasteiger partial charge is 0.244 e. The van der Waals surface area contributed by atoms with Crippen LogP contribution in [-0.4, -0.2) is 44.1 Å². The van der Waals surface area contributed by atoms with E-state index in [1.54, 1.807) is 30.9 Å². The van der Waals surface area contributed by atoms with E-state index in [2.05, 4.69) is 0 Å². The zero-order valence-corrected chi connectivity index (χ0v) is 13.5. The number of hydrogen-bond acceptors (Lipinski definition) is 3. The standard InChI is InChI=1S/C13H21ClN2O3S/c1-15-9-13(7-12(15)8-14)20(17,18)16(2)5-6-19-10-11-3-4-11/h7,9,11H,3-6,8,10H2,1-2H3. The fourth-order valence-corrected chi connectivity index (χ4v) is 3.40. The van der Waals surface area contributed by atoms with Crippen LogP contribution in [0.15, 0.2) is 17.2 Å². The lowest BCUT2D eigenvalue weighted by atomic mass is 10.5. The first-order chi connectivity index (χ1) is 9.45. The van der Waals surface area contributed by atoms with Crippen LogP contribution in [-0.2, 0) is 27.7 Å². The SMILES string of the molecule is CN(CCOCC1CC1)S(=O)(=O)c1cc(CCl)n(C)c1. The van der Waals surface area contributed by atoms with Crippen molar-refractivity contribution in [3.8, 4) is 0 Å². The molecule has 1 aliphatic rings. The molecule has 20 heavy (non-hydrogen) atoms. The van der Waals surface area contributed by atoms with Gasteiger partial charge in [-0.1, -0.05) is 0 Å². The molecule has 1 saturated carbocycles. The lowest BCUT2D eigenvalue weighted by Gasteiger charge is -2.16. The quantitative estimate of drug-likeness (QED) is 0.542. The summed E-state index contributed by atoms with van der Waals surface area (Å²) >= 11 is 5.76. The minimum absolute atomic E-state index is 0.278. The molecule has 0 atom stereocenters. The van der Waals surface area contributed by atoms with Crippen molar-refractivity contribution < 1.29 is 13.2 Å². The highest BCUT2D eigenvalue weighted by molar-refractivity contribution is 7.89. The molecule has 0 aliphatic heterocycles. The number of nitrogens with zero attached hydrogens (tertiary/aromatic N) is 2. The Morgan fingerprint density at radius 2 is 2.20 bits per heavy atom. The summed E-state index contributed by atoms with van der Waals surface area (Å²) < 4.78 is 33.3. The van der Waals surface area contributed by atoms with Gasteiger partial charge in [-0.05, 0) is 24.8 Å². The average molecular weight is 321 g/mol. The summed E-state index contributed by atoms with van der Waals surface area (Å²) in [5.74, 6) is 0.984. The predicted molar refractivity (Wildman–Crippen MR) is 78.3 cm³/mol. The minimum atomic E-state index is -3.46. The summed E-state index contributed by atoms with van der Waals surface area (Å²) in [4.78, 5) is 0.278. The van der Waals surface area contributed by atoms with Crippen LogP contribution in [0.3, 0.4) is 0 Å². The highest BCUT2D eigenvalue weighted by Crippen LogP contribution is 2.28. The first-order valence-corrected chi connectivity index (χ1v) is 8.68. The monoisotopic (exact) mass is 320 g/mol. The third-order valence-corrected chi connectivity index (χ3v) is 5.62. The van der Waals surface area contributed by atoms with E-state index < -0.39 is 10.0 Å². The molecule has 0 aromatic carbocycles. The lowest BCUT2D eigenvalue weighted by molar-refractivity contribution is 0.117. The van der Waals surface area contributed by atoms with E-state index in [1.165, 1.54) is 17.1 Å². The van der Waals surface area contributed by atoms with Gasteiger partial charge in [-0.15, -0.1) is 11.6 Å². The molecular formula is C13H21ClN2O3S. The Bertz CT molecular complexity index is 552. The second kappa shape index (κ2) is 6.47. The number of rotatable bonds is 8. The molecule has 0 saturated heterocycles. The maximum absolute atomic E-state index is 12.4. The van der Waals surface area contributed by atoms with E-state index in [-0.39, 0.29) is 4.90 Å². The summed E-state index contributed by atoms with van der Waals surface area (Å²) in [5, 5.41) is 0. The van der Waals surface area contributed by atoms with Gasteiger partial charge in [-0.3, -0.25) is 0 Å². The Morgan fingerprint density at radius 1 is 1.50 bits per heavy atom. The molecule has 1 aromatic rings. The number of aryl methyl sites for hydroxylation is 1. The third-order valence-electron chi connectivity index (χ3n) is 3.53. The van der Waals surface area contributed by atoms with Gasteiger partial charge >= 0.3 is 0 Å². The van der Waals surface area contributed by atoms with Crippen LogP contribution in [0.4, 0.5) is 0 Å². The van der Waals surface area contributed by atoms with Gasteiger partial charge in [0, 0.05) is 39.1 Å². The third kappa shape index (κ3) is 3.75. The van der Waals surface area contributed by atoms with Crippen molar-refractivity contribution in [1.29, 1.82) is 0 Å². The molecule has 0 bridgehead atoms. The second-order valence-corrected chi connectivity index (χ2v) is 7.57. The molecule has 5 nitrogen and oxygen atoms in total. The Morgan fingerprint density at radius 3 is 2.75 bits per heavy atom. The number of aromatic nitrogens is 1. The van der Waals surface area contributed by atoms with Crippen molar-refractivity contribution in [1.82, 2.24) is 8.87 Å². The Labute approximate surface area is 125 Å². The molecule has 0 unspecified atom stereocenters. The van der Waals surface area contributed by atoms with E-state index in [4.69, 9.17) is 16.3 Å².